The molecule has 0 aliphatic carbocycles. The average Bonchev–Trinajstić information content (AvgIpc) is 2.10. The van der Waals surface area contributed by atoms with Crippen molar-refractivity contribution >= 4 is 28.7 Å². The molecule has 4 N–H and O–H groups in total. The molecule has 1 heterocycles. The van der Waals surface area contributed by atoms with Gasteiger partial charge in [0.05, 0.1) is 0 Å². The van der Waals surface area contributed by atoms with Gasteiger partial charge in [0, 0.05) is 0 Å². The van der Waals surface area contributed by atoms with Crippen molar-refractivity contribution in [1.29, 1.82) is 0 Å². The highest BCUT2D eigenvalue weighted by Crippen LogP contribution is 2.18. The molecule has 0 fully saturated rings. The summed E-state index contributed by atoms with van der Waals surface area (Å²) in [5.41, 5.74) is 9.98. The molecule has 0 saturated carbocycles. The molecule has 2 amide bonds. The minimum Gasteiger partial charge on any atom is -0.378 e. The summed E-state index contributed by atoms with van der Waals surface area (Å²) in [6.45, 7) is 0. The van der Waals surface area contributed by atoms with Crippen molar-refractivity contribution in [3.63, 3.8) is 0 Å². The fourth-order valence-corrected chi connectivity index (χ4v) is 1.20. The van der Waals surface area contributed by atoms with E-state index in [4.69, 9.17) is 11.5 Å². The normalized spacial score (nSPS) is 24.6. The fraction of sp³-hybridized carbons (Fsp3) is 0.250. The van der Waals surface area contributed by atoms with E-state index < -0.39 is 17.1 Å². The van der Waals surface area contributed by atoms with Crippen molar-refractivity contribution in [2.75, 3.05) is 0 Å². The summed E-state index contributed by atoms with van der Waals surface area (Å²) in [6, 6.07) is 0. The Hall–Kier alpha value is -1.04. The van der Waals surface area contributed by atoms with Gasteiger partial charge in [-0.15, -0.1) is 0 Å². The molecule has 0 radical (unpaired) electrons. The van der Waals surface area contributed by atoms with E-state index in [2.05, 4.69) is 4.99 Å². The molecule has 1 unspecified atom stereocenters. The molecule has 0 bridgehead atoms. The first-order valence-corrected chi connectivity index (χ1v) is 3.33. The van der Waals surface area contributed by atoms with Crippen LogP contribution in [0.1, 0.15) is 0 Å². The third-order valence-electron chi connectivity index (χ3n) is 0.942. The monoisotopic (exact) mass is 159 g/mol. The lowest BCUT2D eigenvalue weighted by molar-refractivity contribution is -0.124. The number of amidine groups is 1. The number of aliphatic imine (C=N–C) groups is 1. The molecule has 5 nitrogen and oxygen atoms in total. The first-order valence-electron chi connectivity index (χ1n) is 2.45. The molecule has 0 aromatic carbocycles. The smallest absolute Gasteiger partial charge is 0.271 e. The minimum absolute atomic E-state index is 0.105. The molecular weight excluding hydrogens is 154 g/mol. The standard InChI is InChI=1S/C4H5N3O2S/c5-2(8)1-3(9)7-4(6)10-1/h1H,(H2,5,8)(H2,6,7,9). The van der Waals surface area contributed by atoms with Crippen molar-refractivity contribution in [2.45, 2.75) is 5.25 Å². The molecule has 0 spiro atoms. The van der Waals surface area contributed by atoms with Gasteiger partial charge in [0.2, 0.25) is 5.91 Å². The molecule has 1 rings (SSSR count). The van der Waals surface area contributed by atoms with E-state index in [0.29, 0.717) is 0 Å². The summed E-state index contributed by atoms with van der Waals surface area (Å²) in [4.78, 5) is 24.4. The van der Waals surface area contributed by atoms with E-state index in [1.165, 1.54) is 0 Å². The molecule has 54 valence electrons. The van der Waals surface area contributed by atoms with Gasteiger partial charge in [-0.3, -0.25) is 9.59 Å². The van der Waals surface area contributed by atoms with E-state index in [0.717, 1.165) is 11.8 Å². The number of nitrogens with zero attached hydrogens (tertiary/aromatic N) is 1. The second-order valence-electron chi connectivity index (χ2n) is 1.69. The van der Waals surface area contributed by atoms with Crippen molar-refractivity contribution in [3.05, 3.63) is 0 Å². The number of rotatable bonds is 1. The summed E-state index contributed by atoms with van der Waals surface area (Å²) in [7, 11) is 0. The molecule has 1 aliphatic heterocycles. The van der Waals surface area contributed by atoms with Crippen LogP contribution in [0.4, 0.5) is 0 Å². The number of hydrogen-bond acceptors (Lipinski definition) is 4. The van der Waals surface area contributed by atoms with Gasteiger partial charge in [0.15, 0.2) is 10.4 Å². The molecule has 0 saturated heterocycles. The van der Waals surface area contributed by atoms with Crippen LogP contribution in [0, 0.1) is 0 Å². The summed E-state index contributed by atoms with van der Waals surface area (Å²) in [6.07, 6.45) is 0. The van der Waals surface area contributed by atoms with Crippen LogP contribution in [0.3, 0.4) is 0 Å². The summed E-state index contributed by atoms with van der Waals surface area (Å²) in [5.74, 6) is -1.26. The van der Waals surface area contributed by atoms with Gasteiger partial charge >= 0.3 is 0 Å². The number of carbonyl (C=O) groups excluding carboxylic acids is 2. The number of carbonyl (C=O) groups is 2. The van der Waals surface area contributed by atoms with E-state index in [-0.39, 0.29) is 5.17 Å². The summed E-state index contributed by atoms with van der Waals surface area (Å²) >= 11 is 0.885. The Morgan fingerprint density at radius 2 is 2.30 bits per heavy atom. The lowest BCUT2D eigenvalue weighted by atomic mass is 10.4. The zero-order valence-electron chi connectivity index (χ0n) is 4.90. The molecule has 10 heavy (non-hydrogen) atoms. The Bertz CT molecular complexity index is 225. The maximum absolute atomic E-state index is 10.6. The lowest BCUT2D eigenvalue weighted by Crippen LogP contribution is -2.29. The van der Waals surface area contributed by atoms with Crippen LogP contribution in [-0.2, 0) is 9.59 Å². The predicted octanol–water partition coefficient (Wildman–Crippen LogP) is -1.57. The zero-order valence-corrected chi connectivity index (χ0v) is 5.72. The highest BCUT2D eigenvalue weighted by Gasteiger charge is 2.31. The van der Waals surface area contributed by atoms with Crippen molar-refractivity contribution in [1.82, 2.24) is 0 Å². The van der Waals surface area contributed by atoms with Gasteiger partial charge < -0.3 is 11.5 Å². The van der Waals surface area contributed by atoms with Gasteiger partial charge in [-0.05, 0) is 0 Å². The number of thioether (sulfide) groups is 1. The second kappa shape index (κ2) is 2.30. The van der Waals surface area contributed by atoms with Gasteiger partial charge in [-0.1, -0.05) is 11.8 Å². The topological polar surface area (TPSA) is 98.5 Å². The molecular formula is C4H5N3O2S. The van der Waals surface area contributed by atoms with Crippen LogP contribution < -0.4 is 11.5 Å². The minimum atomic E-state index is -0.903. The molecule has 6 heteroatoms. The Kier molecular flexibility index (Phi) is 1.62. The molecule has 1 aliphatic rings. The van der Waals surface area contributed by atoms with Crippen LogP contribution in [-0.4, -0.2) is 22.2 Å². The lowest BCUT2D eigenvalue weighted by Gasteiger charge is -1.96. The zero-order chi connectivity index (χ0) is 7.72. The van der Waals surface area contributed by atoms with E-state index in [1.807, 2.05) is 0 Å². The fourth-order valence-electron chi connectivity index (χ4n) is 0.545. The number of amides is 2. The number of primary amides is 1. The average molecular weight is 159 g/mol. The van der Waals surface area contributed by atoms with Gasteiger partial charge in [0.1, 0.15) is 0 Å². The third-order valence-corrected chi connectivity index (χ3v) is 1.94. The van der Waals surface area contributed by atoms with Crippen LogP contribution in [0.2, 0.25) is 0 Å². The first-order chi connectivity index (χ1) is 4.61. The van der Waals surface area contributed by atoms with Crippen LogP contribution in [0.5, 0.6) is 0 Å². The Labute approximate surface area is 60.8 Å². The summed E-state index contributed by atoms with van der Waals surface area (Å²) in [5, 5.41) is -0.797. The number of nitrogens with two attached hydrogens (primary N) is 2. The van der Waals surface area contributed by atoms with Gasteiger partial charge in [-0.25, -0.2) is 0 Å². The Morgan fingerprint density at radius 3 is 2.50 bits per heavy atom. The predicted molar refractivity (Wildman–Crippen MR) is 37.2 cm³/mol. The van der Waals surface area contributed by atoms with Crippen LogP contribution >= 0.6 is 11.8 Å². The second-order valence-corrected chi connectivity index (χ2v) is 2.81. The largest absolute Gasteiger partial charge is 0.378 e. The van der Waals surface area contributed by atoms with E-state index in [9.17, 15) is 9.59 Å². The molecule has 1 atom stereocenters. The van der Waals surface area contributed by atoms with Crippen LogP contribution in [0.25, 0.3) is 0 Å². The quantitative estimate of drug-likeness (QED) is 0.451. The Morgan fingerprint density at radius 1 is 1.70 bits per heavy atom. The highest BCUT2D eigenvalue weighted by molar-refractivity contribution is 8.16. The first kappa shape index (κ1) is 7.07. The van der Waals surface area contributed by atoms with Crippen molar-refractivity contribution in [2.24, 2.45) is 16.5 Å². The van der Waals surface area contributed by atoms with E-state index >= 15 is 0 Å². The maximum atomic E-state index is 10.6. The molecule has 0 aromatic heterocycles. The van der Waals surface area contributed by atoms with Crippen molar-refractivity contribution in [3.8, 4) is 0 Å². The van der Waals surface area contributed by atoms with E-state index in [1.54, 1.807) is 0 Å². The van der Waals surface area contributed by atoms with Gasteiger partial charge in [0.25, 0.3) is 5.91 Å². The maximum Gasteiger partial charge on any atom is 0.271 e. The van der Waals surface area contributed by atoms with Crippen molar-refractivity contribution < 1.29 is 9.59 Å². The SMILES string of the molecule is NC(=O)C1SC(N)=NC1=O. The number of hydrogen-bond donors (Lipinski definition) is 2. The third kappa shape index (κ3) is 1.10. The van der Waals surface area contributed by atoms with Gasteiger partial charge in [-0.2, -0.15) is 4.99 Å². The molecule has 0 aromatic rings. The van der Waals surface area contributed by atoms with Crippen LogP contribution in [0.15, 0.2) is 4.99 Å². The summed E-state index contributed by atoms with van der Waals surface area (Å²) < 4.78 is 0. The highest BCUT2D eigenvalue weighted by atomic mass is 32.2. The Balaban J connectivity index is 2.73.